The second-order valence-corrected chi connectivity index (χ2v) is 6.14. The molecule has 2 N–H and O–H groups in total. The molecule has 21 heavy (non-hydrogen) atoms. The molecule has 1 fully saturated rings. The van der Waals surface area contributed by atoms with Gasteiger partial charge in [-0.05, 0) is 75.5 Å². The maximum absolute atomic E-state index is 6.32. The molecule has 1 saturated heterocycles. The Bertz CT molecular complexity index is 444. The number of ether oxygens (including phenoxy) is 1. The molecule has 1 aromatic rings. The first-order valence-corrected chi connectivity index (χ1v) is 8.42. The Hall–Kier alpha value is -0.770. The molecule has 0 spiro atoms. The van der Waals surface area contributed by atoms with E-state index in [0.29, 0.717) is 30.0 Å². The van der Waals surface area contributed by atoms with Gasteiger partial charge in [-0.25, -0.2) is 0 Å². The van der Waals surface area contributed by atoms with E-state index in [9.17, 15) is 0 Å². The molecule has 1 atom stereocenters. The van der Waals surface area contributed by atoms with E-state index < -0.39 is 0 Å². The van der Waals surface area contributed by atoms with Gasteiger partial charge in [-0.15, -0.1) is 0 Å². The van der Waals surface area contributed by atoms with Crippen molar-refractivity contribution in [3.8, 4) is 5.75 Å². The SMILES string of the molecule is CCOc1ccc(C(CN)C2CCN(CC)CC2)cc1Cl. The van der Waals surface area contributed by atoms with Crippen LogP contribution in [0.2, 0.25) is 5.02 Å². The van der Waals surface area contributed by atoms with Crippen LogP contribution in [0.25, 0.3) is 0 Å². The standard InChI is InChI=1S/C17H27ClN2O/c1-3-20-9-7-13(8-10-20)15(12-19)14-5-6-17(21-4-2)16(18)11-14/h5-6,11,13,15H,3-4,7-10,12,19H2,1-2H3. The topological polar surface area (TPSA) is 38.5 Å². The second-order valence-electron chi connectivity index (χ2n) is 5.74. The Morgan fingerprint density at radius 3 is 2.57 bits per heavy atom. The minimum Gasteiger partial charge on any atom is -0.492 e. The summed E-state index contributed by atoms with van der Waals surface area (Å²) in [6.45, 7) is 9.02. The summed E-state index contributed by atoms with van der Waals surface area (Å²) < 4.78 is 5.51. The predicted octanol–water partition coefficient (Wildman–Crippen LogP) is 3.51. The molecule has 0 bridgehead atoms. The molecule has 1 heterocycles. The second kappa shape index (κ2) is 8.02. The first-order chi connectivity index (χ1) is 10.2. The average molecular weight is 311 g/mol. The van der Waals surface area contributed by atoms with Crippen LogP contribution in [0.15, 0.2) is 18.2 Å². The number of halogens is 1. The third-order valence-corrected chi connectivity index (χ3v) is 4.88. The van der Waals surface area contributed by atoms with Crippen LogP contribution in [0.1, 0.15) is 38.2 Å². The van der Waals surface area contributed by atoms with Crippen LogP contribution in [0.4, 0.5) is 0 Å². The summed E-state index contributed by atoms with van der Waals surface area (Å²) in [7, 11) is 0. The summed E-state index contributed by atoms with van der Waals surface area (Å²) in [6.07, 6.45) is 2.45. The van der Waals surface area contributed by atoms with Crippen molar-refractivity contribution in [2.75, 3.05) is 32.8 Å². The Kier molecular flexibility index (Phi) is 6.34. The van der Waals surface area contributed by atoms with Crippen LogP contribution >= 0.6 is 11.6 Å². The van der Waals surface area contributed by atoms with Gasteiger partial charge in [0.05, 0.1) is 11.6 Å². The van der Waals surface area contributed by atoms with Gasteiger partial charge in [0, 0.05) is 0 Å². The highest BCUT2D eigenvalue weighted by atomic mass is 35.5. The highest BCUT2D eigenvalue weighted by Gasteiger charge is 2.26. The van der Waals surface area contributed by atoms with Gasteiger partial charge in [-0.3, -0.25) is 0 Å². The molecule has 1 aliphatic heterocycles. The van der Waals surface area contributed by atoms with Crippen molar-refractivity contribution in [2.45, 2.75) is 32.6 Å². The molecule has 1 aliphatic rings. The molecule has 118 valence electrons. The van der Waals surface area contributed by atoms with Gasteiger partial charge in [-0.2, -0.15) is 0 Å². The number of hydrogen-bond acceptors (Lipinski definition) is 3. The molecule has 1 unspecified atom stereocenters. The largest absolute Gasteiger partial charge is 0.492 e. The fourth-order valence-corrected chi connectivity index (χ4v) is 3.54. The van der Waals surface area contributed by atoms with Gasteiger partial charge in [0.1, 0.15) is 5.75 Å². The van der Waals surface area contributed by atoms with Gasteiger partial charge in [0.15, 0.2) is 0 Å². The van der Waals surface area contributed by atoms with E-state index in [1.54, 1.807) is 0 Å². The van der Waals surface area contributed by atoms with E-state index in [-0.39, 0.29) is 0 Å². The third-order valence-electron chi connectivity index (χ3n) is 4.59. The van der Waals surface area contributed by atoms with Crippen LogP contribution in [0, 0.1) is 5.92 Å². The molecular formula is C17H27ClN2O. The normalized spacial score (nSPS) is 18.7. The van der Waals surface area contributed by atoms with E-state index in [4.69, 9.17) is 22.1 Å². The molecule has 2 rings (SSSR count). The van der Waals surface area contributed by atoms with E-state index in [1.165, 1.54) is 31.5 Å². The number of nitrogens with zero attached hydrogens (tertiary/aromatic N) is 1. The number of nitrogens with two attached hydrogens (primary N) is 1. The Morgan fingerprint density at radius 1 is 1.33 bits per heavy atom. The first kappa shape index (κ1) is 16.6. The fraction of sp³-hybridized carbons (Fsp3) is 0.647. The zero-order chi connectivity index (χ0) is 15.2. The Labute approximate surface area is 133 Å². The van der Waals surface area contributed by atoms with Gasteiger partial charge < -0.3 is 15.4 Å². The first-order valence-electron chi connectivity index (χ1n) is 8.04. The summed E-state index contributed by atoms with van der Waals surface area (Å²) in [4.78, 5) is 2.51. The lowest BCUT2D eigenvalue weighted by molar-refractivity contribution is 0.176. The van der Waals surface area contributed by atoms with Crippen molar-refractivity contribution in [1.29, 1.82) is 0 Å². The lowest BCUT2D eigenvalue weighted by atomic mass is 9.80. The van der Waals surface area contributed by atoms with Gasteiger partial charge in [-0.1, -0.05) is 24.6 Å². The van der Waals surface area contributed by atoms with Crippen molar-refractivity contribution in [2.24, 2.45) is 11.7 Å². The van der Waals surface area contributed by atoms with Crippen LogP contribution < -0.4 is 10.5 Å². The highest BCUT2D eigenvalue weighted by molar-refractivity contribution is 6.32. The number of hydrogen-bond donors (Lipinski definition) is 1. The molecule has 0 radical (unpaired) electrons. The molecule has 3 nitrogen and oxygen atoms in total. The Morgan fingerprint density at radius 2 is 2.05 bits per heavy atom. The molecular weight excluding hydrogens is 284 g/mol. The maximum atomic E-state index is 6.32. The molecule has 0 aliphatic carbocycles. The van der Waals surface area contributed by atoms with E-state index in [0.717, 1.165) is 12.3 Å². The lowest BCUT2D eigenvalue weighted by Gasteiger charge is -2.35. The summed E-state index contributed by atoms with van der Waals surface area (Å²) in [6, 6.07) is 6.14. The van der Waals surface area contributed by atoms with Crippen LogP contribution in [0.5, 0.6) is 5.75 Å². The minimum atomic E-state index is 0.400. The summed E-state index contributed by atoms with van der Waals surface area (Å²) in [5, 5.41) is 0.693. The average Bonchev–Trinajstić information content (AvgIpc) is 2.51. The maximum Gasteiger partial charge on any atom is 0.137 e. The smallest absolute Gasteiger partial charge is 0.137 e. The number of likely N-dealkylation sites (tertiary alicyclic amines) is 1. The van der Waals surface area contributed by atoms with E-state index in [2.05, 4.69) is 17.9 Å². The monoisotopic (exact) mass is 310 g/mol. The van der Waals surface area contributed by atoms with E-state index in [1.807, 2.05) is 19.1 Å². The zero-order valence-electron chi connectivity index (χ0n) is 13.1. The predicted molar refractivity (Wildman–Crippen MR) is 89.3 cm³/mol. The van der Waals surface area contributed by atoms with Crippen LogP contribution in [0.3, 0.4) is 0 Å². The van der Waals surface area contributed by atoms with Crippen molar-refractivity contribution in [3.63, 3.8) is 0 Å². The zero-order valence-corrected chi connectivity index (χ0v) is 13.9. The van der Waals surface area contributed by atoms with Gasteiger partial charge >= 0.3 is 0 Å². The number of piperidine rings is 1. The van der Waals surface area contributed by atoms with Crippen LogP contribution in [-0.4, -0.2) is 37.7 Å². The molecule has 0 aromatic heterocycles. The van der Waals surface area contributed by atoms with Crippen molar-refractivity contribution < 1.29 is 4.74 Å². The number of benzene rings is 1. The summed E-state index contributed by atoms with van der Waals surface area (Å²) in [5.74, 6) is 1.82. The van der Waals surface area contributed by atoms with Crippen molar-refractivity contribution in [1.82, 2.24) is 4.90 Å². The van der Waals surface area contributed by atoms with Gasteiger partial charge in [0.2, 0.25) is 0 Å². The molecule has 0 saturated carbocycles. The van der Waals surface area contributed by atoms with Gasteiger partial charge in [0.25, 0.3) is 0 Å². The third kappa shape index (κ3) is 4.12. The van der Waals surface area contributed by atoms with Crippen molar-refractivity contribution >= 4 is 11.6 Å². The minimum absolute atomic E-state index is 0.400. The summed E-state index contributed by atoms with van der Waals surface area (Å²) >= 11 is 6.32. The lowest BCUT2D eigenvalue weighted by Crippen LogP contribution is -2.36. The molecule has 4 heteroatoms. The quantitative estimate of drug-likeness (QED) is 0.874. The Balaban J connectivity index is 2.09. The van der Waals surface area contributed by atoms with Crippen LogP contribution in [-0.2, 0) is 0 Å². The number of rotatable bonds is 6. The fourth-order valence-electron chi connectivity index (χ4n) is 3.29. The highest BCUT2D eigenvalue weighted by Crippen LogP contribution is 2.35. The van der Waals surface area contributed by atoms with E-state index >= 15 is 0 Å². The van der Waals surface area contributed by atoms with Crippen molar-refractivity contribution in [3.05, 3.63) is 28.8 Å². The molecule has 0 amide bonds. The molecule has 1 aromatic carbocycles. The summed E-state index contributed by atoms with van der Waals surface area (Å²) in [5.41, 5.74) is 7.31.